The molecule has 1 aromatic rings. The van der Waals surface area contributed by atoms with Gasteiger partial charge in [0.1, 0.15) is 11.5 Å². The molecule has 3 nitrogen and oxygen atoms in total. The third-order valence-corrected chi connectivity index (χ3v) is 4.13. The first kappa shape index (κ1) is 12.7. The second kappa shape index (κ2) is 5.23. The van der Waals surface area contributed by atoms with Crippen molar-refractivity contribution in [3.8, 4) is 0 Å². The van der Waals surface area contributed by atoms with E-state index in [-0.39, 0.29) is 6.04 Å². The van der Waals surface area contributed by atoms with E-state index >= 15 is 0 Å². The standard InChI is InChI=1S/C14H24N2O/c1-9-4-6-12(7-5-9)14(16-15)13-8-10(2)17-11(13)3/h8-9,12,14,16H,4-7,15H2,1-3H3. The first-order chi connectivity index (χ1) is 8.11. The van der Waals surface area contributed by atoms with E-state index in [0.717, 1.165) is 17.4 Å². The van der Waals surface area contributed by atoms with Crippen LogP contribution in [-0.4, -0.2) is 0 Å². The number of hydrogen-bond acceptors (Lipinski definition) is 3. The van der Waals surface area contributed by atoms with Gasteiger partial charge in [-0.1, -0.05) is 19.8 Å². The third-order valence-electron chi connectivity index (χ3n) is 4.13. The van der Waals surface area contributed by atoms with Crippen LogP contribution in [0.4, 0.5) is 0 Å². The van der Waals surface area contributed by atoms with Crippen LogP contribution in [-0.2, 0) is 0 Å². The van der Waals surface area contributed by atoms with Gasteiger partial charge in [-0.3, -0.25) is 11.3 Å². The van der Waals surface area contributed by atoms with Gasteiger partial charge in [-0.2, -0.15) is 0 Å². The monoisotopic (exact) mass is 236 g/mol. The van der Waals surface area contributed by atoms with Crippen LogP contribution in [0, 0.1) is 25.7 Å². The quantitative estimate of drug-likeness (QED) is 0.626. The number of aryl methyl sites for hydroxylation is 2. The maximum Gasteiger partial charge on any atom is 0.105 e. The Balaban J connectivity index is 2.13. The molecule has 3 heteroatoms. The van der Waals surface area contributed by atoms with Crippen LogP contribution in [0.3, 0.4) is 0 Å². The molecule has 0 aromatic carbocycles. The van der Waals surface area contributed by atoms with Crippen molar-refractivity contribution in [1.29, 1.82) is 0 Å². The Kier molecular flexibility index (Phi) is 3.89. The Morgan fingerprint density at radius 1 is 1.29 bits per heavy atom. The van der Waals surface area contributed by atoms with E-state index < -0.39 is 0 Å². The van der Waals surface area contributed by atoms with Crippen LogP contribution >= 0.6 is 0 Å². The zero-order valence-electron chi connectivity index (χ0n) is 11.1. The molecular weight excluding hydrogens is 212 g/mol. The highest BCUT2D eigenvalue weighted by Gasteiger charge is 2.28. The van der Waals surface area contributed by atoms with Gasteiger partial charge in [0.25, 0.3) is 0 Å². The molecule has 0 amide bonds. The maximum absolute atomic E-state index is 5.76. The smallest absolute Gasteiger partial charge is 0.105 e. The van der Waals surface area contributed by atoms with Crippen molar-refractivity contribution < 1.29 is 4.42 Å². The van der Waals surface area contributed by atoms with Crippen LogP contribution in [0.25, 0.3) is 0 Å². The summed E-state index contributed by atoms with van der Waals surface area (Å²) in [6.45, 7) is 6.36. The fourth-order valence-electron chi connectivity index (χ4n) is 3.06. The zero-order chi connectivity index (χ0) is 12.4. The predicted molar refractivity (Wildman–Crippen MR) is 69.4 cm³/mol. The molecule has 0 aliphatic heterocycles. The van der Waals surface area contributed by atoms with Crippen molar-refractivity contribution in [2.24, 2.45) is 17.7 Å². The van der Waals surface area contributed by atoms with E-state index in [2.05, 4.69) is 18.4 Å². The van der Waals surface area contributed by atoms with Gasteiger partial charge in [-0.15, -0.1) is 0 Å². The summed E-state index contributed by atoms with van der Waals surface area (Å²) in [5.74, 6) is 9.25. The minimum Gasteiger partial charge on any atom is -0.466 e. The molecule has 1 atom stereocenters. The SMILES string of the molecule is Cc1cc(C(NN)C2CCC(C)CC2)c(C)o1. The lowest BCUT2D eigenvalue weighted by molar-refractivity contribution is 0.231. The molecular formula is C14H24N2O. The van der Waals surface area contributed by atoms with Gasteiger partial charge < -0.3 is 4.42 Å². The summed E-state index contributed by atoms with van der Waals surface area (Å²) in [6.07, 6.45) is 5.16. The molecule has 2 rings (SSSR count). The minimum absolute atomic E-state index is 0.250. The Hall–Kier alpha value is -0.800. The number of rotatable bonds is 3. The largest absolute Gasteiger partial charge is 0.466 e. The van der Waals surface area contributed by atoms with E-state index in [0.29, 0.717) is 5.92 Å². The van der Waals surface area contributed by atoms with Crippen LogP contribution in [0.15, 0.2) is 10.5 Å². The van der Waals surface area contributed by atoms with Crippen molar-refractivity contribution in [2.75, 3.05) is 0 Å². The van der Waals surface area contributed by atoms with Crippen molar-refractivity contribution in [3.63, 3.8) is 0 Å². The topological polar surface area (TPSA) is 51.2 Å². The molecule has 1 aliphatic rings. The van der Waals surface area contributed by atoms with Gasteiger partial charge in [0.2, 0.25) is 0 Å². The fourth-order valence-corrected chi connectivity index (χ4v) is 3.06. The first-order valence-corrected chi connectivity index (χ1v) is 6.65. The summed E-state index contributed by atoms with van der Waals surface area (Å²) in [5.41, 5.74) is 4.24. The minimum atomic E-state index is 0.250. The van der Waals surface area contributed by atoms with Crippen LogP contribution in [0.5, 0.6) is 0 Å². The Labute approximate surface area is 104 Å². The summed E-state index contributed by atoms with van der Waals surface area (Å²) in [4.78, 5) is 0. The van der Waals surface area contributed by atoms with Crippen molar-refractivity contribution in [2.45, 2.75) is 52.5 Å². The normalized spacial score (nSPS) is 27.1. The highest BCUT2D eigenvalue weighted by molar-refractivity contribution is 5.24. The Bertz CT molecular complexity index is 364. The fraction of sp³-hybridized carbons (Fsp3) is 0.714. The lowest BCUT2D eigenvalue weighted by Gasteiger charge is -2.32. The number of furan rings is 1. The second-order valence-corrected chi connectivity index (χ2v) is 5.53. The third kappa shape index (κ3) is 2.72. The first-order valence-electron chi connectivity index (χ1n) is 6.65. The summed E-state index contributed by atoms with van der Waals surface area (Å²) in [7, 11) is 0. The van der Waals surface area contributed by atoms with Gasteiger partial charge in [0.05, 0.1) is 6.04 Å². The Morgan fingerprint density at radius 3 is 2.41 bits per heavy atom. The molecule has 3 N–H and O–H groups in total. The molecule has 0 spiro atoms. The molecule has 1 aliphatic carbocycles. The van der Waals surface area contributed by atoms with E-state index in [1.165, 1.54) is 31.2 Å². The lowest BCUT2D eigenvalue weighted by atomic mass is 9.77. The molecule has 96 valence electrons. The van der Waals surface area contributed by atoms with E-state index in [1.807, 2.05) is 13.8 Å². The average Bonchev–Trinajstić information content (AvgIpc) is 2.62. The predicted octanol–water partition coefficient (Wildman–Crippen LogP) is 3.23. The summed E-state index contributed by atoms with van der Waals surface area (Å²) < 4.78 is 5.61. The lowest BCUT2D eigenvalue weighted by Crippen LogP contribution is -2.35. The van der Waals surface area contributed by atoms with Gasteiger partial charge >= 0.3 is 0 Å². The molecule has 1 heterocycles. The van der Waals surface area contributed by atoms with Gasteiger partial charge in [-0.05, 0) is 44.6 Å². The number of hydrazine groups is 1. The van der Waals surface area contributed by atoms with Crippen LogP contribution < -0.4 is 11.3 Å². The van der Waals surface area contributed by atoms with Gasteiger partial charge in [0.15, 0.2) is 0 Å². The van der Waals surface area contributed by atoms with Crippen molar-refractivity contribution in [1.82, 2.24) is 5.43 Å². The van der Waals surface area contributed by atoms with Crippen molar-refractivity contribution >= 4 is 0 Å². The van der Waals surface area contributed by atoms with Gasteiger partial charge in [0, 0.05) is 5.56 Å². The molecule has 1 fully saturated rings. The zero-order valence-corrected chi connectivity index (χ0v) is 11.1. The van der Waals surface area contributed by atoms with E-state index in [9.17, 15) is 0 Å². The molecule has 1 aromatic heterocycles. The molecule has 0 bridgehead atoms. The summed E-state index contributed by atoms with van der Waals surface area (Å²) in [6, 6.07) is 2.37. The number of nitrogens with one attached hydrogen (secondary N) is 1. The number of hydrogen-bond donors (Lipinski definition) is 2. The molecule has 17 heavy (non-hydrogen) atoms. The molecule has 0 radical (unpaired) electrons. The van der Waals surface area contributed by atoms with Crippen LogP contribution in [0.1, 0.15) is 55.7 Å². The van der Waals surface area contributed by atoms with E-state index in [4.69, 9.17) is 10.3 Å². The van der Waals surface area contributed by atoms with Crippen molar-refractivity contribution in [3.05, 3.63) is 23.2 Å². The highest BCUT2D eigenvalue weighted by atomic mass is 16.3. The molecule has 0 saturated heterocycles. The van der Waals surface area contributed by atoms with Crippen LogP contribution in [0.2, 0.25) is 0 Å². The number of nitrogens with two attached hydrogens (primary N) is 1. The highest BCUT2D eigenvalue weighted by Crippen LogP contribution is 2.37. The summed E-state index contributed by atoms with van der Waals surface area (Å²) in [5, 5.41) is 0. The average molecular weight is 236 g/mol. The molecule has 1 saturated carbocycles. The second-order valence-electron chi connectivity index (χ2n) is 5.53. The summed E-state index contributed by atoms with van der Waals surface area (Å²) >= 11 is 0. The maximum atomic E-state index is 5.76. The molecule has 1 unspecified atom stereocenters. The van der Waals surface area contributed by atoms with E-state index in [1.54, 1.807) is 0 Å². The van der Waals surface area contributed by atoms with Gasteiger partial charge in [-0.25, -0.2) is 0 Å². The Morgan fingerprint density at radius 2 is 1.94 bits per heavy atom.